The number of hydrogen-bond donors (Lipinski definition) is 3. The first-order valence-corrected chi connectivity index (χ1v) is 10.3. The third kappa shape index (κ3) is 6.62. The molecule has 0 saturated heterocycles. The van der Waals surface area contributed by atoms with Gasteiger partial charge in [0.2, 0.25) is 5.78 Å². The van der Waals surface area contributed by atoms with Crippen molar-refractivity contribution in [2.24, 2.45) is 0 Å². The average molecular weight is 414 g/mol. The maximum absolute atomic E-state index is 12.3. The second-order valence-corrected chi connectivity index (χ2v) is 7.74. The summed E-state index contributed by atoms with van der Waals surface area (Å²) >= 11 is 0. The number of carbonyl (C=O) groups excluding carboxylic acids is 1. The molecule has 3 rings (SSSR count). The SMILES string of the molecule is O=C(c1ccccc1)C(O)(CO)c1ccccc1.O=S(=O)(O)Cc1ccccc1. The zero-order valence-corrected chi connectivity index (χ0v) is 16.4. The van der Waals surface area contributed by atoms with E-state index in [-0.39, 0.29) is 5.75 Å². The molecular weight excluding hydrogens is 392 g/mol. The van der Waals surface area contributed by atoms with Crippen LogP contribution in [0.25, 0.3) is 0 Å². The predicted octanol–water partition coefficient (Wildman–Crippen LogP) is 2.82. The van der Waals surface area contributed by atoms with Crippen LogP contribution in [0.5, 0.6) is 0 Å². The van der Waals surface area contributed by atoms with Gasteiger partial charge in [-0.2, -0.15) is 8.42 Å². The third-order valence-corrected chi connectivity index (χ3v) is 4.78. The Morgan fingerprint density at radius 1 is 0.793 bits per heavy atom. The number of benzene rings is 3. The molecule has 29 heavy (non-hydrogen) atoms. The monoisotopic (exact) mass is 414 g/mol. The Hall–Kier alpha value is -2.84. The van der Waals surface area contributed by atoms with Gasteiger partial charge in [0, 0.05) is 5.56 Å². The molecule has 0 radical (unpaired) electrons. The quantitative estimate of drug-likeness (QED) is 0.422. The molecule has 0 bridgehead atoms. The van der Waals surface area contributed by atoms with E-state index in [9.17, 15) is 23.4 Å². The molecular formula is C22H22O6S. The Bertz CT molecular complexity index is 1000. The Morgan fingerprint density at radius 2 is 1.24 bits per heavy atom. The van der Waals surface area contributed by atoms with Crippen molar-refractivity contribution in [3.63, 3.8) is 0 Å². The van der Waals surface area contributed by atoms with Gasteiger partial charge in [0.1, 0.15) is 5.75 Å². The van der Waals surface area contributed by atoms with Crippen molar-refractivity contribution in [1.29, 1.82) is 0 Å². The molecule has 0 aliphatic carbocycles. The van der Waals surface area contributed by atoms with E-state index < -0.39 is 28.1 Å². The summed E-state index contributed by atoms with van der Waals surface area (Å²) in [5.74, 6) is -0.815. The summed E-state index contributed by atoms with van der Waals surface area (Å²) in [6.45, 7) is -0.648. The van der Waals surface area contributed by atoms with Gasteiger partial charge < -0.3 is 10.2 Å². The van der Waals surface area contributed by atoms with Gasteiger partial charge in [-0.15, -0.1) is 0 Å². The van der Waals surface area contributed by atoms with E-state index in [2.05, 4.69) is 0 Å². The summed E-state index contributed by atoms with van der Waals surface area (Å²) in [6, 6.07) is 25.4. The fraction of sp³-hybridized carbons (Fsp3) is 0.136. The molecule has 0 aliphatic heterocycles. The molecule has 0 aromatic heterocycles. The van der Waals surface area contributed by atoms with Crippen LogP contribution in [-0.2, 0) is 21.5 Å². The van der Waals surface area contributed by atoms with Gasteiger partial charge in [0.15, 0.2) is 5.60 Å². The highest BCUT2D eigenvalue weighted by molar-refractivity contribution is 7.85. The number of ketones is 1. The molecule has 3 aromatic carbocycles. The first-order chi connectivity index (χ1) is 13.8. The van der Waals surface area contributed by atoms with Crippen LogP contribution in [0.4, 0.5) is 0 Å². The molecule has 1 atom stereocenters. The number of aliphatic hydroxyl groups excluding tert-OH is 1. The Labute approximate surface area is 169 Å². The van der Waals surface area contributed by atoms with E-state index in [0.29, 0.717) is 16.7 Å². The minimum absolute atomic E-state index is 0.312. The molecule has 0 amide bonds. The molecule has 7 heteroatoms. The summed E-state index contributed by atoms with van der Waals surface area (Å²) in [7, 11) is -3.88. The van der Waals surface area contributed by atoms with Crippen molar-refractivity contribution in [3.8, 4) is 0 Å². The van der Waals surface area contributed by atoms with Crippen molar-refractivity contribution < 1.29 is 28.0 Å². The Balaban J connectivity index is 0.000000234. The van der Waals surface area contributed by atoms with Crippen molar-refractivity contribution in [1.82, 2.24) is 0 Å². The fourth-order valence-corrected chi connectivity index (χ4v) is 3.23. The minimum Gasteiger partial charge on any atom is -0.393 e. The van der Waals surface area contributed by atoms with Crippen LogP contribution in [-0.4, -0.2) is 35.6 Å². The van der Waals surface area contributed by atoms with E-state index >= 15 is 0 Å². The van der Waals surface area contributed by atoms with Crippen LogP contribution in [0, 0.1) is 0 Å². The van der Waals surface area contributed by atoms with Crippen molar-refractivity contribution in [2.45, 2.75) is 11.4 Å². The zero-order valence-electron chi connectivity index (χ0n) is 15.5. The molecule has 0 aliphatic rings. The number of aliphatic hydroxyl groups is 2. The van der Waals surface area contributed by atoms with Crippen LogP contribution >= 0.6 is 0 Å². The van der Waals surface area contributed by atoms with Gasteiger partial charge in [0.25, 0.3) is 10.1 Å². The Morgan fingerprint density at radius 3 is 1.69 bits per heavy atom. The fourth-order valence-electron chi connectivity index (χ4n) is 2.62. The summed E-state index contributed by atoms with van der Waals surface area (Å²) < 4.78 is 29.2. The second kappa shape index (κ2) is 10.1. The number of carbonyl (C=O) groups is 1. The summed E-state index contributed by atoms with van der Waals surface area (Å²) in [6.07, 6.45) is 0. The summed E-state index contributed by atoms with van der Waals surface area (Å²) in [5, 5.41) is 19.8. The molecule has 3 aromatic rings. The zero-order chi connectivity index (χ0) is 21.3. The highest BCUT2D eigenvalue weighted by atomic mass is 32.2. The normalized spacial score (nSPS) is 12.9. The van der Waals surface area contributed by atoms with Crippen LogP contribution in [0.15, 0.2) is 91.0 Å². The number of hydrogen-bond acceptors (Lipinski definition) is 5. The molecule has 1 unspecified atom stereocenters. The highest BCUT2D eigenvalue weighted by Crippen LogP contribution is 2.25. The largest absolute Gasteiger partial charge is 0.393 e. The molecule has 0 heterocycles. The first-order valence-electron chi connectivity index (χ1n) is 8.74. The van der Waals surface area contributed by atoms with Crippen LogP contribution in [0.3, 0.4) is 0 Å². The summed E-state index contributed by atoms with van der Waals surface area (Å²) in [4.78, 5) is 12.3. The number of Topliss-reactive ketones (excluding diaryl/α,β-unsaturated/α-hetero) is 1. The average Bonchev–Trinajstić information content (AvgIpc) is 2.74. The topological polar surface area (TPSA) is 112 Å². The minimum atomic E-state index is -3.88. The first kappa shape index (κ1) is 22.4. The van der Waals surface area contributed by atoms with Crippen molar-refractivity contribution >= 4 is 15.9 Å². The smallest absolute Gasteiger partial charge is 0.269 e. The van der Waals surface area contributed by atoms with Gasteiger partial charge in [0.05, 0.1) is 6.61 Å². The lowest BCUT2D eigenvalue weighted by Gasteiger charge is -2.24. The third-order valence-electron chi connectivity index (χ3n) is 4.08. The lowest BCUT2D eigenvalue weighted by Crippen LogP contribution is -2.39. The van der Waals surface area contributed by atoms with Crippen LogP contribution in [0.2, 0.25) is 0 Å². The molecule has 6 nitrogen and oxygen atoms in total. The standard InChI is InChI=1S/C15H14O3.C7H8O3S/c16-11-15(18,13-9-5-2-6-10-13)14(17)12-7-3-1-4-8-12;8-11(9,10)6-7-4-2-1-3-5-7/h1-10,16,18H,11H2;1-5H,6H2,(H,8,9,10). The summed E-state index contributed by atoms with van der Waals surface area (Å²) in [5.41, 5.74) is -0.531. The lowest BCUT2D eigenvalue weighted by atomic mass is 9.87. The van der Waals surface area contributed by atoms with Gasteiger partial charge in [-0.25, -0.2) is 0 Å². The highest BCUT2D eigenvalue weighted by Gasteiger charge is 2.37. The maximum atomic E-state index is 12.3. The van der Waals surface area contributed by atoms with E-state index in [1.54, 1.807) is 91.0 Å². The maximum Gasteiger partial charge on any atom is 0.269 e. The molecule has 152 valence electrons. The molecule has 0 spiro atoms. The van der Waals surface area contributed by atoms with E-state index in [1.807, 2.05) is 0 Å². The molecule has 0 fully saturated rings. The molecule has 3 N–H and O–H groups in total. The van der Waals surface area contributed by atoms with Crippen molar-refractivity contribution in [3.05, 3.63) is 108 Å². The van der Waals surface area contributed by atoms with Gasteiger partial charge in [-0.05, 0) is 11.1 Å². The van der Waals surface area contributed by atoms with Gasteiger partial charge in [-0.3, -0.25) is 9.35 Å². The van der Waals surface area contributed by atoms with Crippen LogP contribution < -0.4 is 0 Å². The van der Waals surface area contributed by atoms with Crippen molar-refractivity contribution in [2.75, 3.05) is 6.61 Å². The van der Waals surface area contributed by atoms with E-state index in [0.717, 1.165) is 0 Å². The van der Waals surface area contributed by atoms with Gasteiger partial charge >= 0.3 is 0 Å². The van der Waals surface area contributed by atoms with E-state index in [1.165, 1.54) is 0 Å². The molecule has 0 saturated carbocycles. The second-order valence-electron chi connectivity index (χ2n) is 6.29. The lowest BCUT2D eigenvalue weighted by molar-refractivity contribution is -0.00399. The van der Waals surface area contributed by atoms with Gasteiger partial charge in [-0.1, -0.05) is 91.0 Å². The predicted molar refractivity (Wildman–Crippen MR) is 110 cm³/mol. The number of rotatable bonds is 6. The van der Waals surface area contributed by atoms with Crippen LogP contribution in [0.1, 0.15) is 21.5 Å². The van der Waals surface area contributed by atoms with E-state index in [4.69, 9.17) is 4.55 Å². The Kier molecular flexibility index (Phi) is 7.81.